The third-order valence-corrected chi connectivity index (χ3v) is 3.60. The molecule has 0 spiro atoms. The van der Waals surface area contributed by atoms with Crippen molar-refractivity contribution in [3.8, 4) is 5.69 Å². The average Bonchev–Trinajstić information content (AvgIpc) is 3.16. The largest absolute Gasteiger partial charge is 0.346 e. The van der Waals surface area contributed by atoms with Crippen molar-refractivity contribution in [1.29, 1.82) is 0 Å². The van der Waals surface area contributed by atoms with E-state index < -0.39 is 23.1 Å². The van der Waals surface area contributed by atoms with Gasteiger partial charge in [-0.2, -0.15) is 11.3 Å². The number of aromatic nitrogens is 3. The summed E-state index contributed by atoms with van der Waals surface area (Å²) in [5.41, 5.74) is 0.735. The zero-order valence-corrected chi connectivity index (χ0v) is 12.0. The topological polar surface area (TPSA) is 59.8 Å². The first kappa shape index (κ1) is 14.3. The van der Waals surface area contributed by atoms with Gasteiger partial charge in [-0.25, -0.2) is 13.5 Å². The molecule has 0 bridgehead atoms. The number of carbonyl (C=O) groups is 1. The molecule has 0 atom stereocenters. The Kier molecular flexibility index (Phi) is 3.92. The molecule has 0 fully saturated rings. The van der Waals surface area contributed by atoms with E-state index in [0.29, 0.717) is 5.69 Å². The van der Waals surface area contributed by atoms with Gasteiger partial charge in [0.1, 0.15) is 22.9 Å². The van der Waals surface area contributed by atoms with Crippen LogP contribution in [0.3, 0.4) is 0 Å². The third-order valence-electron chi connectivity index (χ3n) is 2.93. The second-order valence-corrected chi connectivity index (χ2v) is 5.20. The highest BCUT2D eigenvalue weighted by Gasteiger charge is 2.17. The van der Waals surface area contributed by atoms with E-state index in [9.17, 15) is 13.6 Å². The third kappa shape index (κ3) is 2.86. The van der Waals surface area contributed by atoms with Crippen LogP contribution >= 0.6 is 11.3 Å². The minimum absolute atomic E-state index is 0.0245. The first-order valence-corrected chi connectivity index (χ1v) is 7.25. The van der Waals surface area contributed by atoms with Gasteiger partial charge in [-0.3, -0.25) is 4.79 Å². The number of benzene rings is 1. The maximum atomic E-state index is 13.5. The van der Waals surface area contributed by atoms with Crippen LogP contribution in [0.25, 0.3) is 5.69 Å². The minimum atomic E-state index is -0.903. The van der Waals surface area contributed by atoms with Gasteiger partial charge in [-0.1, -0.05) is 11.3 Å². The molecule has 0 aliphatic rings. The summed E-state index contributed by atoms with van der Waals surface area (Å²) in [4.78, 5) is 11.9. The van der Waals surface area contributed by atoms with Gasteiger partial charge in [0.25, 0.3) is 5.91 Å². The minimum Gasteiger partial charge on any atom is -0.346 e. The molecular formula is C14H10F2N4OS. The molecule has 3 aromatic rings. The molecule has 2 heterocycles. The van der Waals surface area contributed by atoms with E-state index in [1.54, 1.807) is 10.9 Å². The number of thiophene rings is 1. The van der Waals surface area contributed by atoms with Gasteiger partial charge >= 0.3 is 0 Å². The Labute approximate surface area is 128 Å². The van der Waals surface area contributed by atoms with Crippen LogP contribution in [0.15, 0.2) is 41.2 Å². The number of nitrogens with one attached hydrogen (secondary N) is 1. The van der Waals surface area contributed by atoms with Gasteiger partial charge in [0.2, 0.25) is 0 Å². The lowest BCUT2D eigenvalue weighted by Gasteiger charge is -2.05. The Morgan fingerprint density at radius 2 is 2.05 bits per heavy atom. The highest BCUT2D eigenvalue weighted by Crippen LogP contribution is 2.13. The molecular weight excluding hydrogens is 310 g/mol. The van der Waals surface area contributed by atoms with Crippen molar-refractivity contribution in [2.45, 2.75) is 6.54 Å². The van der Waals surface area contributed by atoms with Crippen LogP contribution in [0.2, 0.25) is 0 Å². The molecule has 22 heavy (non-hydrogen) atoms. The van der Waals surface area contributed by atoms with E-state index >= 15 is 0 Å². The van der Waals surface area contributed by atoms with Crippen LogP contribution in [0.5, 0.6) is 0 Å². The average molecular weight is 320 g/mol. The summed E-state index contributed by atoms with van der Waals surface area (Å²) in [7, 11) is 0. The molecule has 112 valence electrons. The number of carbonyl (C=O) groups excluding carboxylic acids is 1. The molecule has 8 heteroatoms. The van der Waals surface area contributed by atoms with Crippen molar-refractivity contribution in [2.24, 2.45) is 0 Å². The van der Waals surface area contributed by atoms with E-state index in [2.05, 4.69) is 15.6 Å². The Bertz CT molecular complexity index is 781. The second-order valence-electron chi connectivity index (χ2n) is 4.42. The fourth-order valence-corrected chi connectivity index (χ4v) is 2.49. The Morgan fingerprint density at radius 3 is 2.73 bits per heavy atom. The van der Waals surface area contributed by atoms with Crippen molar-refractivity contribution >= 4 is 17.2 Å². The van der Waals surface area contributed by atoms with E-state index in [-0.39, 0.29) is 6.54 Å². The number of amides is 1. The summed E-state index contributed by atoms with van der Waals surface area (Å²) in [5.74, 6) is -2.64. The predicted octanol–water partition coefficient (Wildman–Crippen LogP) is 2.54. The fraction of sp³-hybridized carbons (Fsp3) is 0.0714. The van der Waals surface area contributed by atoms with Gasteiger partial charge in [0.15, 0.2) is 0 Å². The number of rotatable bonds is 4. The zero-order chi connectivity index (χ0) is 15.5. The molecule has 3 rings (SSSR count). The summed E-state index contributed by atoms with van der Waals surface area (Å²) in [6, 6.07) is 5.14. The van der Waals surface area contributed by atoms with Crippen LogP contribution in [-0.4, -0.2) is 20.9 Å². The number of hydrogen-bond acceptors (Lipinski definition) is 4. The lowest BCUT2D eigenvalue weighted by atomic mass is 10.2. The summed E-state index contributed by atoms with van der Waals surface area (Å²) in [5, 5.41) is 14.0. The van der Waals surface area contributed by atoms with Crippen LogP contribution in [0, 0.1) is 11.6 Å². The Hall–Kier alpha value is -2.61. The first-order valence-electron chi connectivity index (χ1n) is 6.31. The SMILES string of the molecule is O=C(NCc1cn(-c2ccsc2)nn1)c1c(F)cccc1F. The van der Waals surface area contributed by atoms with Gasteiger partial charge in [-0.05, 0) is 23.6 Å². The molecule has 0 aliphatic carbocycles. The van der Waals surface area contributed by atoms with Crippen molar-refractivity contribution in [3.63, 3.8) is 0 Å². The lowest BCUT2D eigenvalue weighted by molar-refractivity contribution is 0.0942. The fourth-order valence-electron chi connectivity index (χ4n) is 1.87. The summed E-state index contributed by atoms with van der Waals surface area (Å²) < 4.78 is 28.5. The smallest absolute Gasteiger partial charge is 0.257 e. The van der Waals surface area contributed by atoms with Crippen LogP contribution in [0.1, 0.15) is 16.1 Å². The van der Waals surface area contributed by atoms with Crippen LogP contribution in [-0.2, 0) is 6.54 Å². The highest BCUT2D eigenvalue weighted by atomic mass is 32.1. The van der Waals surface area contributed by atoms with E-state index in [1.165, 1.54) is 17.4 Å². The van der Waals surface area contributed by atoms with Crippen molar-refractivity contribution in [3.05, 3.63) is 64.1 Å². The van der Waals surface area contributed by atoms with Gasteiger partial charge < -0.3 is 5.32 Å². The molecule has 0 aliphatic heterocycles. The second kappa shape index (κ2) is 6.02. The van der Waals surface area contributed by atoms with Crippen LogP contribution in [0.4, 0.5) is 8.78 Å². The maximum Gasteiger partial charge on any atom is 0.257 e. The molecule has 1 N–H and O–H groups in total. The summed E-state index contributed by atoms with van der Waals surface area (Å²) in [6.07, 6.45) is 1.64. The lowest BCUT2D eigenvalue weighted by Crippen LogP contribution is -2.25. The Morgan fingerprint density at radius 1 is 1.27 bits per heavy atom. The summed E-state index contributed by atoms with van der Waals surface area (Å²) in [6.45, 7) is 0.0245. The normalized spacial score (nSPS) is 10.6. The molecule has 0 saturated carbocycles. The molecule has 0 saturated heterocycles. The van der Waals surface area contributed by atoms with Crippen molar-refractivity contribution < 1.29 is 13.6 Å². The molecule has 1 amide bonds. The predicted molar refractivity (Wildman–Crippen MR) is 76.8 cm³/mol. The quantitative estimate of drug-likeness (QED) is 0.803. The molecule has 0 radical (unpaired) electrons. The van der Waals surface area contributed by atoms with E-state index in [0.717, 1.165) is 17.8 Å². The van der Waals surface area contributed by atoms with E-state index in [1.807, 2.05) is 16.8 Å². The number of hydrogen-bond donors (Lipinski definition) is 1. The molecule has 0 unspecified atom stereocenters. The molecule has 1 aromatic carbocycles. The van der Waals surface area contributed by atoms with Gasteiger partial charge in [-0.15, -0.1) is 5.10 Å². The first-order chi connectivity index (χ1) is 10.6. The van der Waals surface area contributed by atoms with Gasteiger partial charge in [0.05, 0.1) is 18.4 Å². The highest BCUT2D eigenvalue weighted by molar-refractivity contribution is 7.08. The molecule has 5 nitrogen and oxygen atoms in total. The number of halogens is 2. The maximum absolute atomic E-state index is 13.5. The molecule has 2 aromatic heterocycles. The Balaban J connectivity index is 1.69. The standard InChI is InChI=1S/C14H10F2N4OS/c15-11-2-1-3-12(16)13(11)14(21)17-6-9-7-20(19-18-9)10-4-5-22-8-10/h1-5,7-8H,6H2,(H,17,21). The summed E-state index contributed by atoms with van der Waals surface area (Å²) >= 11 is 1.52. The monoisotopic (exact) mass is 320 g/mol. The van der Waals surface area contributed by atoms with E-state index in [4.69, 9.17) is 0 Å². The number of nitrogens with zero attached hydrogens (tertiary/aromatic N) is 3. The van der Waals surface area contributed by atoms with Crippen molar-refractivity contribution in [1.82, 2.24) is 20.3 Å². The van der Waals surface area contributed by atoms with Crippen LogP contribution < -0.4 is 5.32 Å². The van der Waals surface area contributed by atoms with Gasteiger partial charge in [0, 0.05) is 5.38 Å². The van der Waals surface area contributed by atoms with Crippen molar-refractivity contribution in [2.75, 3.05) is 0 Å². The zero-order valence-electron chi connectivity index (χ0n) is 11.2.